The van der Waals surface area contributed by atoms with Gasteiger partial charge in [0.2, 0.25) is 0 Å². The summed E-state index contributed by atoms with van der Waals surface area (Å²) in [5.41, 5.74) is 3.07. The van der Waals surface area contributed by atoms with Crippen molar-refractivity contribution in [2.75, 3.05) is 18.4 Å². The molecule has 2 amide bonds. The summed E-state index contributed by atoms with van der Waals surface area (Å²) in [5, 5.41) is 11.7. The number of amides is 2. The predicted molar refractivity (Wildman–Crippen MR) is 97.6 cm³/mol. The summed E-state index contributed by atoms with van der Waals surface area (Å²) in [5.74, 6) is 1.00. The fourth-order valence-corrected chi connectivity index (χ4v) is 3.46. The third kappa shape index (κ3) is 3.86. The molecule has 0 radical (unpaired) electrons. The highest BCUT2D eigenvalue weighted by molar-refractivity contribution is 5.89. The maximum Gasteiger partial charge on any atom is 0.321 e. The van der Waals surface area contributed by atoms with Crippen LogP contribution in [0.2, 0.25) is 0 Å². The lowest BCUT2D eigenvalue weighted by atomic mass is 9.93. The molecule has 1 N–H and O–H groups in total. The lowest BCUT2D eigenvalue weighted by molar-refractivity contribution is 0.193. The van der Waals surface area contributed by atoms with Crippen LogP contribution in [0.5, 0.6) is 0 Å². The Morgan fingerprint density at radius 1 is 1.32 bits per heavy atom. The first-order valence-corrected chi connectivity index (χ1v) is 9.02. The van der Waals surface area contributed by atoms with E-state index in [0.717, 1.165) is 43.9 Å². The lowest BCUT2D eigenvalue weighted by Gasteiger charge is -2.32. The quantitative estimate of drug-likeness (QED) is 0.927. The first kappa shape index (κ1) is 17.5. The van der Waals surface area contributed by atoms with Crippen molar-refractivity contribution in [2.45, 2.75) is 46.1 Å². The van der Waals surface area contributed by atoms with E-state index in [-0.39, 0.29) is 6.03 Å². The zero-order chi connectivity index (χ0) is 18.0. The number of likely N-dealkylation sites (tertiary alicyclic amines) is 1. The fraction of sp³-hybridized carbons (Fsp3) is 0.611. The summed E-state index contributed by atoms with van der Waals surface area (Å²) >= 11 is 0. The van der Waals surface area contributed by atoms with Crippen LogP contribution >= 0.6 is 0 Å². The number of nitrogens with zero attached hydrogens (tertiary/aromatic N) is 5. The third-order valence-electron chi connectivity index (χ3n) is 4.94. The van der Waals surface area contributed by atoms with Crippen LogP contribution in [-0.2, 0) is 13.6 Å². The van der Waals surface area contributed by atoms with E-state index >= 15 is 0 Å². The van der Waals surface area contributed by atoms with Gasteiger partial charge in [-0.25, -0.2) is 4.79 Å². The van der Waals surface area contributed by atoms with Crippen LogP contribution in [-0.4, -0.2) is 43.6 Å². The Labute approximate surface area is 149 Å². The van der Waals surface area contributed by atoms with Crippen molar-refractivity contribution in [3.63, 3.8) is 0 Å². The van der Waals surface area contributed by atoms with Gasteiger partial charge in [0, 0.05) is 44.5 Å². The summed E-state index contributed by atoms with van der Waals surface area (Å²) < 4.78 is 3.89. The van der Waals surface area contributed by atoms with Crippen molar-refractivity contribution in [1.29, 1.82) is 0 Å². The second-order valence-corrected chi connectivity index (χ2v) is 7.29. The normalized spacial score (nSPS) is 15.8. The molecule has 7 heteroatoms. The number of anilines is 1. The van der Waals surface area contributed by atoms with Gasteiger partial charge in [-0.05, 0) is 31.7 Å². The standard InChI is InChI=1S/C18H28N6O/c1-13(2)12-24-14(3)16(11-20-24)21-18(25)23-9-6-15(7-10-23)17-5-8-19-22(17)4/h5,8,11,13,15H,6-7,9-10,12H2,1-4H3,(H,21,25). The second-order valence-electron chi connectivity index (χ2n) is 7.29. The Kier molecular flexibility index (Phi) is 5.11. The van der Waals surface area contributed by atoms with Crippen molar-refractivity contribution in [3.8, 4) is 0 Å². The van der Waals surface area contributed by atoms with Gasteiger partial charge in [-0.2, -0.15) is 10.2 Å². The lowest BCUT2D eigenvalue weighted by Crippen LogP contribution is -2.40. The molecule has 0 bridgehead atoms. The number of aromatic nitrogens is 4. The first-order chi connectivity index (χ1) is 12.0. The highest BCUT2D eigenvalue weighted by atomic mass is 16.2. The van der Waals surface area contributed by atoms with Crippen LogP contribution in [0.15, 0.2) is 18.5 Å². The van der Waals surface area contributed by atoms with Crippen molar-refractivity contribution < 1.29 is 4.79 Å². The summed E-state index contributed by atoms with van der Waals surface area (Å²) in [6.07, 6.45) is 5.53. The van der Waals surface area contributed by atoms with E-state index < -0.39 is 0 Å². The van der Waals surface area contributed by atoms with E-state index in [1.807, 2.05) is 34.4 Å². The highest BCUT2D eigenvalue weighted by Crippen LogP contribution is 2.27. The van der Waals surface area contributed by atoms with Crippen LogP contribution in [0.25, 0.3) is 0 Å². The molecule has 0 unspecified atom stereocenters. The van der Waals surface area contributed by atoms with Crippen LogP contribution in [0.4, 0.5) is 10.5 Å². The van der Waals surface area contributed by atoms with Gasteiger partial charge in [-0.3, -0.25) is 9.36 Å². The molecule has 3 heterocycles. The number of aryl methyl sites for hydroxylation is 1. The molecule has 0 aromatic carbocycles. The number of hydrogen-bond donors (Lipinski definition) is 1. The fourth-order valence-electron chi connectivity index (χ4n) is 3.46. The van der Waals surface area contributed by atoms with Crippen molar-refractivity contribution in [1.82, 2.24) is 24.5 Å². The average molecular weight is 344 g/mol. The van der Waals surface area contributed by atoms with Crippen LogP contribution in [0.3, 0.4) is 0 Å². The molecule has 25 heavy (non-hydrogen) atoms. The van der Waals surface area contributed by atoms with Crippen molar-refractivity contribution in [2.24, 2.45) is 13.0 Å². The number of nitrogens with one attached hydrogen (secondary N) is 1. The topological polar surface area (TPSA) is 68.0 Å². The minimum atomic E-state index is -0.0318. The van der Waals surface area contributed by atoms with Crippen LogP contribution < -0.4 is 5.32 Å². The molecule has 1 saturated heterocycles. The minimum Gasteiger partial charge on any atom is -0.324 e. The molecule has 2 aromatic heterocycles. The zero-order valence-corrected chi connectivity index (χ0v) is 15.6. The molecule has 3 rings (SSSR count). The SMILES string of the molecule is Cc1c(NC(=O)N2CCC(c3ccnn3C)CC2)cnn1CC(C)C. The Hall–Kier alpha value is -2.31. The maximum atomic E-state index is 12.6. The van der Waals surface area contributed by atoms with Crippen LogP contribution in [0.1, 0.15) is 44.0 Å². The smallest absolute Gasteiger partial charge is 0.321 e. The number of piperidine rings is 1. The molecule has 0 atom stereocenters. The van der Waals surface area contributed by atoms with Gasteiger partial charge < -0.3 is 10.2 Å². The Balaban J connectivity index is 1.56. The second kappa shape index (κ2) is 7.29. The molecule has 1 aliphatic heterocycles. The van der Waals surface area contributed by atoms with Crippen molar-refractivity contribution in [3.05, 3.63) is 29.8 Å². The highest BCUT2D eigenvalue weighted by Gasteiger charge is 2.26. The molecule has 0 saturated carbocycles. The number of rotatable bonds is 4. The summed E-state index contributed by atoms with van der Waals surface area (Å²) in [6.45, 7) is 8.71. The predicted octanol–water partition coefficient (Wildman–Crippen LogP) is 2.99. The number of urea groups is 1. The summed E-state index contributed by atoms with van der Waals surface area (Å²) in [7, 11) is 1.98. The molecule has 0 aliphatic carbocycles. The molecule has 7 nitrogen and oxygen atoms in total. The Morgan fingerprint density at radius 2 is 2.04 bits per heavy atom. The van der Waals surface area contributed by atoms with Gasteiger partial charge in [-0.15, -0.1) is 0 Å². The molecular formula is C18H28N6O. The molecular weight excluding hydrogens is 316 g/mol. The average Bonchev–Trinajstić information content (AvgIpc) is 3.15. The Morgan fingerprint density at radius 3 is 2.64 bits per heavy atom. The molecule has 1 fully saturated rings. The van der Waals surface area contributed by atoms with Gasteiger partial charge in [0.1, 0.15) is 0 Å². The molecule has 1 aliphatic rings. The van der Waals surface area contributed by atoms with Crippen molar-refractivity contribution >= 4 is 11.7 Å². The van der Waals surface area contributed by atoms with Crippen LogP contribution in [0, 0.1) is 12.8 Å². The summed E-state index contributed by atoms with van der Waals surface area (Å²) in [6, 6.07) is 2.04. The molecule has 0 spiro atoms. The van der Waals surface area contributed by atoms with E-state index in [4.69, 9.17) is 0 Å². The van der Waals surface area contributed by atoms with Gasteiger partial charge in [0.05, 0.1) is 17.6 Å². The van der Waals surface area contributed by atoms with Gasteiger partial charge >= 0.3 is 6.03 Å². The van der Waals surface area contributed by atoms with E-state index in [1.54, 1.807) is 6.20 Å². The first-order valence-electron chi connectivity index (χ1n) is 9.02. The largest absolute Gasteiger partial charge is 0.324 e. The van der Waals surface area contributed by atoms with Gasteiger partial charge in [0.15, 0.2) is 0 Å². The molecule has 136 valence electrons. The zero-order valence-electron chi connectivity index (χ0n) is 15.6. The van der Waals surface area contributed by atoms with E-state index in [1.165, 1.54) is 5.69 Å². The van der Waals surface area contributed by atoms with E-state index in [2.05, 4.69) is 35.4 Å². The summed E-state index contributed by atoms with van der Waals surface area (Å²) in [4.78, 5) is 14.5. The van der Waals surface area contributed by atoms with E-state index in [0.29, 0.717) is 11.8 Å². The monoisotopic (exact) mass is 344 g/mol. The number of hydrogen-bond acceptors (Lipinski definition) is 3. The molecule has 2 aromatic rings. The number of carbonyl (C=O) groups excluding carboxylic acids is 1. The number of carbonyl (C=O) groups is 1. The Bertz CT molecular complexity index is 724. The van der Waals surface area contributed by atoms with Gasteiger partial charge in [-0.1, -0.05) is 13.8 Å². The maximum absolute atomic E-state index is 12.6. The minimum absolute atomic E-state index is 0.0318. The van der Waals surface area contributed by atoms with E-state index in [9.17, 15) is 4.79 Å². The van der Waals surface area contributed by atoms with Gasteiger partial charge in [0.25, 0.3) is 0 Å². The third-order valence-corrected chi connectivity index (χ3v) is 4.94.